The lowest BCUT2D eigenvalue weighted by Crippen LogP contribution is -2.31. The monoisotopic (exact) mass is 440 g/mol. The summed E-state index contributed by atoms with van der Waals surface area (Å²) in [7, 11) is 0. The van der Waals surface area contributed by atoms with Crippen LogP contribution in [0.1, 0.15) is 10.5 Å². The van der Waals surface area contributed by atoms with E-state index in [1.807, 2.05) is 35.7 Å². The van der Waals surface area contributed by atoms with Crippen LogP contribution in [0.3, 0.4) is 0 Å². The van der Waals surface area contributed by atoms with Gasteiger partial charge in [-0.25, -0.2) is 9.97 Å². The van der Waals surface area contributed by atoms with Gasteiger partial charge < -0.3 is 0 Å². The van der Waals surface area contributed by atoms with Crippen LogP contribution in [0.25, 0.3) is 22.3 Å². The molecule has 0 spiro atoms. The largest absolute Gasteiger partial charge is 0.280 e. The van der Waals surface area contributed by atoms with Crippen LogP contribution < -0.4 is 4.90 Å². The number of hydrogen-bond acceptors (Lipinski definition) is 5. The molecule has 0 atom stereocenters. The Morgan fingerprint density at radius 3 is 2.66 bits per heavy atom. The first kappa shape index (κ1) is 19.5. The molecule has 2 aromatic carbocycles. The summed E-state index contributed by atoms with van der Waals surface area (Å²) < 4.78 is 0. The van der Waals surface area contributed by atoms with Crippen LogP contribution in [0.15, 0.2) is 66.7 Å². The molecule has 2 heterocycles. The van der Waals surface area contributed by atoms with Crippen LogP contribution >= 0.6 is 34.5 Å². The zero-order valence-corrected chi connectivity index (χ0v) is 17.4. The van der Waals surface area contributed by atoms with E-state index in [0.29, 0.717) is 32.9 Å². The van der Waals surface area contributed by atoms with Crippen molar-refractivity contribution in [2.75, 3.05) is 11.4 Å². The highest BCUT2D eigenvalue weighted by molar-refractivity contribution is 7.14. The minimum atomic E-state index is -0.293. The van der Waals surface area contributed by atoms with Crippen molar-refractivity contribution in [3.63, 3.8) is 0 Å². The normalized spacial score (nSPS) is 10.8. The van der Waals surface area contributed by atoms with Crippen LogP contribution in [0.5, 0.6) is 0 Å². The van der Waals surface area contributed by atoms with Crippen molar-refractivity contribution in [3.05, 3.63) is 82.4 Å². The van der Waals surface area contributed by atoms with Gasteiger partial charge in [-0.05, 0) is 24.3 Å². The molecule has 0 radical (unpaired) electrons. The Kier molecular flexibility index (Phi) is 5.58. The highest BCUT2D eigenvalue weighted by Gasteiger charge is 2.22. The zero-order valence-electron chi connectivity index (χ0n) is 15.0. The van der Waals surface area contributed by atoms with Crippen LogP contribution in [-0.4, -0.2) is 27.4 Å². The van der Waals surface area contributed by atoms with Crippen molar-refractivity contribution < 1.29 is 4.79 Å². The van der Waals surface area contributed by atoms with Gasteiger partial charge in [0.2, 0.25) is 0 Å². The number of aromatic nitrogens is 3. The van der Waals surface area contributed by atoms with Crippen LogP contribution in [0, 0.1) is 0 Å². The van der Waals surface area contributed by atoms with Crippen LogP contribution in [-0.2, 0) is 0 Å². The molecule has 8 heteroatoms. The second-order valence-electron chi connectivity index (χ2n) is 6.09. The molecule has 0 N–H and O–H groups in total. The smallest absolute Gasteiger partial charge is 0.279 e. The first-order chi connectivity index (χ1) is 14.1. The van der Waals surface area contributed by atoms with E-state index in [0.717, 1.165) is 11.1 Å². The summed E-state index contributed by atoms with van der Waals surface area (Å²) in [4.78, 5) is 28.0. The van der Waals surface area contributed by atoms with Gasteiger partial charge in [-0.1, -0.05) is 47.5 Å². The fourth-order valence-corrected chi connectivity index (χ4v) is 3.89. The third-order valence-electron chi connectivity index (χ3n) is 4.16. The Balaban J connectivity index is 1.68. The van der Waals surface area contributed by atoms with Gasteiger partial charge >= 0.3 is 0 Å². The van der Waals surface area contributed by atoms with E-state index in [2.05, 4.69) is 21.5 Å². The maximum atomic E-state index is 13.1. The SMILES string of the molecule is C=CCN(C(=O)c1cnc2ccccc2n1)c1nc(-c2ccc(Cl)c(Cl)c2)cs1. The lowest BCUT2D eigenvalue weighted by Gasteiger charge is -2.17. The number of hydrogen-bond donors (Lipinski definition) is 0. The van der Waals surface area contributed by atoms with E-state index in [-0.39, 0.29) is 11.6 Å². The maximum Gasteiger partial charge on any atom is 0.280 e. The van der Waals surface area contributed by atoms with Gasteiger partial charge in [0.1, 0.15) is 5.69 Å². The fraction of sp³-hybridized carbons (Fsp3) is 0.0476. The van der Waals surface area contributed by atoms with Crippen LogP contribution in [0.4, 0.5) is 5.13 Å². The van der Waals surface area contributed by atoms with Gasteiger partial charge in [0.25, 0.3) is 5.91 Å². The molecule has 144 valence electrons. The first-order valence-electron chi connectivity index (χ1n) is 8.62. The predicted molar refractivity (Wildman–Crippen MR) is 119 cm³/mol. The minimum Gasteiger partial charge on any atom is -0.279 e. The number of anilines is 1. The lowest BCUT2D eigenvalue weighted by molar-refractivity contribution is 0.0985. The highest BCUT2D eigenvalue weighted by Crippen LogP contribution is 2.32. The number of nitrogens with zero attached hydrogens (tertiary/aromatic N) is 4. The number of para-hydroxylation sites is 2. The Morgan fingerprint density at radius 2 is 1.90 bits per heavy atom. The highest BCUT2D eigenvalue weighted by atomic mass is 35.5. The summed E-state index contributed by atoms with van der Waals surface area (Å²) in [6.07, 6.45) is 3.13. The fourth-order valence-electron chi connectivity index (χ4n) is 2.75. The van der Waals surface area contributed by atoms with Gasteiger partial charge in [0, 0.05) is 17.5 Å². The lowest BCUT2D eigenvalue weighted by atomic mass is 10.2. The van der Waals surface area contributed by atoms with Gasteiger partial charge in [0.05, 0.1) is 33.0 Å². The minimum absolute atomic E-state index is 0.247. The molecule has 0 saturated heterocycles. The van der Waals surface area contributed by atoms with Gasteiger partial charge in [0.15, 0.2) is 5.13 Å². The molecule has 0 aliphatic rings. The van der Waals surface area contributed by atoms with Crippen molar-refractivity contribution in [3.8, 4) is 11.3 Å². The van der Waals surface area contributed by atoms with Crippen molar-refractivity contribution in [1.29, 1.82) is 0 Å². The average molecular weight is 441 g/mol. The molecule has 4 rings (SSSR count). The molecule has 0 saturated carbocycles. The summed E-state index contributed by atoms with van der Waals surface area (Å²) in [5.41, 5.74) is 3.16. The number of rotatable bonds is 5. The molecule has 0 aliphatic heterocycles. The predicted octanol–water partition coefficient (Wildman–Crippen LogP) is 5.89. The van der Waals surface area contributed by atoms with E-state index in [4.69, 9.17) is 23.2 Å². The number of carbonyl (C=O) groups excluding carboxylic acids is 1. The van der Waals surface area contributed by atoms with Crippen molar-refractivity contribution in [2.24, 2.45) is 0 Å². The Bertz CT molecular complexity index is 1220. The molecular formula is C21H14Cl2N4OS. The van der Waals surface area contributed by atoms with Gasteiger partial charge in [-0.2, -0.15) is 0 Å². The topological polar surface area (TPSA) is 59.0 Å². The Labute approximate surface area is 181 Å². The van der Waals surface area contributed by atoms with E-state index in [1.54, 1.807) is 18.2 Å². The molecular weight excluding hydrogens is 427 g/mol. The second kappa shape index (κ2) is 8.29. The van der Waals surface area contributed by atoms with Gasteiger partial charge in [-0.15, -0.1) is 17.9 Å². The Hall–Kier alpha value is -2.80. The number of amides is 1. The number of fused-ring (bicyclic) bond motifs is 1. The quantitative estimate of drug-likeness (QED) is 0.362. The molecule has 29 heavy (non-hydrogen) atoms. The summed E-state index contributed by atoms with van der Waals surface area (Å²) >= 11 is 13.5. The van der Waals surface area contributed by atoms with E-state index in [1.165, 1.54) is 22.4 Å². The van der Waals surface area contributed by atoms with E-state index in [9.17, 15) is 4.79 Å². The molecule has 0 aliphatic carbocycles. The molecule has 0 unspecified atom stereocenters. The molecule has 2 aromatic heterocycles. The standard InChI is InChI=1S/C21H14Cl2N4OS/c1-2-9-27(20(28)18-11-24-16-5-3-4-6-17(16)25-18)21-26-19(12-29-21)13-7-8-14(22)15(23)10-13/h2-8,10-12H,1,9H2. The Morgan fingerprint density at radius 1 is 1.10 bits per heavy atom. The number of benzene rings is 2. The molecule has 0 bridgehead atoms. The van der Waals surface area contributed by atoms with E-state index >= 15 is 0 Å². The number of halogens is 2. The van der Waals surface area contributed by atoms with Crippen molar-refractivity contribution >= 4 is 56.6 Å². The summed E-state index contributed by atoms with van der Waals surface area (Å²) in [6.45, 7) is 4.05. The summed E-state index contributed by atoms with van der Waals surface area (Å²) in [6, 6.07) is 12.7. The summed E-state index contributed by atoms with van der Waals surface area (Å²) in [5, 5.41) is 3.32. The maximum absolute atomic E-state index is 13.1. The molecule has 4 aromatic rings. The zero-order chi connectivity index (χ0) is 20.4. The van der Waals surface area contributed by atoms with Crippen molar-refractivity contribution in [1.82, 2.24) is 15.0 Å². The molecule has 1 amide bonds. The second-order valence-corrected chi connectivity index (χ2v) is 7.74. The van der Waals surface area contributed by atoms with Crippen molar-refractivity contribution in [2.45, 2.75) is 0 Å². The van der Waals surface area contributed by atoms with Gasteiger partial charge in [-0.3, -0.25) is 14.7 Å². The molecule has 5 nitrogen and oxygen atoms in total. The first-order valence-corrected chi connectivity index (χ1v) is 10.3. The number of carbonyl (C=O) groups is 1. The van der Waals surface area contributed by atoms with Crippen LogP contribution in [0.2, 0.25) is 10.0 Å². The third-order valence-corrected chi connectivity index (χ3v) is 5.77. The number of thiazole rings is 1. The van der Waals surface area contributed by atoms with E-state index < -0.39 is 0 Å². The average Bonchev–Trinajstić information content (AvgIpc) is 3.23. The third kappa shape index (κ3) is 4.00. The summed E-state index contributed by atoms with van der Waals surface area (Å²) in [5.74, 6) is -0.293. The molecule has 0 fully saturated rings.